The molecule has 0 aliphatic carbocycles. The van der Waals surface area contributed by atoms with Crippen LogP contribution in [-0.2, 0) is 7.05 Å². The molecule has 0 aliphatic heterocycles. The van der Waals surface area contributed by atoms with Crippen molar-refractivity contribution in [2.75, 3.05) is 7.05 Å². The van der Waals surface area contributed by atoms with Crippen molar-refractivity contribution in [3.8, 4) is 0 Å². The number of fused-ring (bicyclic) bond motifs is 1. The lowest BCUT2D eigenvalue weighted by atomic mass is 10.2. The molecule has 1 aromatic carbocycles. The van der Waals surface area contributed by atoms with Crippen LogP contribution in [0.4, 0.5) is 0 Å². The van der Waals surface area contributed by atoms with Gasteiger partial charge in [0.25, 0.3) is 0 Å². The normalized spacial score (nSPS) is 12.7. The van der Waals surface area contributed by atoms with Crippen LogP contribution >= 0.6 is 11.3 Å². The van der Waals surface area contributed by atoms with Crippen molar-refractivity contribution >= 4 is 21.6 Å². The minimum atomic E-state index is 1.07. The quantitative estimate of drug-likeness (QED) is 0.608. The van der Waals surface area contributed by atoms with E-state index < -0.39 is 0 Å². The maximum absolute atomic E-state index is 4.23. The van der Waals surface area contributed by atoms with Crippen LogP contribution < -0.4 is 4.80 Å². The van der Waals surface area contributed by atoms with Gasteiger partial charge >= 0.3 is 0 Å². The summed E-state index contributed by atoms with van der Waals surface area (Å²) < 4.78 is 3.47. The SMILES string of the molecule is CN=c1sc2c(C)cccc2n1C. The van der Waals surface area contributed by atoms with E-state index in [0.717, 1.165) is 4.80 Å². The first-order valence-electron chi connectivity index (χ1n) is 4.22. The van der Waals surface area contributed by atoms with E-state index in [1.54, 1.807) is 11.3 Å². The van der Waals surface area contributed by atoms with Gasteiger partial charge in [-0.05, 0) is 18.6 Å². The first kappa shape index (κ1) is 8.51. The molecule has 1 heterocycles. The van der Waals surface area contributed by atoms with Crippen LogP contribution in [0.3, 0.4) is 0 Å². The maximum atomic E-state index is 4.23. The van der Waals surface area contributed by atoms with Crippen LogP contribution in [0.5, 0.6) is 0 Å². The Balaban J connectivity index is 3.00. The third-order valence-electron chi connectivity index (χ3n) is 2.22. The fourth-order valence-electron chi connectivity index (χ4n) is 1.49. The van der Waals surface area contributed by atoms with Gasteiger partial charge in [-0.25, -0.2) is 0 Å². The van der Waals surface area contributed by atoms with Crippen LogP contribution in [0.2, 0.25) is 0 Å². The Hall–Kier alpha value is -1.09. The first-order valence-corrected chi connectivity index (χ1v) is 5.03. The monoisotopic (exact) mass is 192 g/mol. The van der Waals surface area contributed by atoms with E-state index in [0.29, 0.717) is 0 Å². The van der Waals surface area contributed by atoms with Crippen molar-refractivity contribution in [2.45, 2.75) is 6.92 Å². The number of rotatable bonds is 0. The number of aryl methyl sites for hydroxylation is 2. The fourth-order valence-corrected chi connectivity index (χ4v) is 2.54. The van der Waals surface area contributed by atoms with Crippen LogP contribution in [0, 0.1) is 6.92 Å². The second-order valence-corrected chi connectivity index (χ2v) is 4.07. The molecule has 0 saturated carbocycles. The van der Waals surface area contributed by atoms with Crippen molar-refractivity contribution < 1.29 is 0 Å². The first-order chi connectivity index (χ1) is 6.24. The van der Waals surface area contributed by atoms with E-state index in [9.17, 15) is 0 Å². The van der Waals surface area contributed by atoms with Crippen molar-refractivity contribution in [1.29, 1.82) is 0 Å². The van der Waals surface area contributed by atoms with E-state index in [4.69, 9.17) is 0 Å². The molecule has 0 bridgehead atoms. The van der Waals surface area contributed by atoms with Crippen LogP contribution in [0.1, 0.15) is 5.56 Å². The van der Waals surface area contributed by atoms with E-state index >= 15 is 0 Å². The van der Waals surface area contributed by atoms with Gasteiger partial charge in [-0.2, -0.15) is 0 Å². The summed E-state index contributed by atoms with van der Waals surface area (Å²) in [6.07, 6.45) is 0. The number of nitrogens with zero attached hydrogens (tertiary/aromatic N) is 2. The van der Waals surface area contributed by atoms with E-state index in [-0.39, 0.29) is 0 Å². The molecule has 0 radical (unpaired) electrons. The van der Waals surface area contributed by atoms with E-state index in [1.165, 1.54) is 15.8 Å². The molecule has 1 aromatic heterocycles. The lowest BCUT2D eigenvalue weighted by Crippen LogP contribution is -2.08. The molecule has 0 atom stereocenters. The zero-order valence-electron chi connectivity index (χ0n) is 8.03. The zero-order valence-corrected chi connectivity index (χ0v) is 8.85. The summed E-state index contributed by atoms with van der Waals surface area (Å²) in [7, 11) is 3.89. The molecule has 0 fully saturated rings. The maximum Gasteiger partial charge on any atom is 0.185 e. The highest BCUT2D eigenvalue weighted by atomic mass is 32.1. The molecular formula is C10H12N2S. The van der Waals surface area contributed by atoms with Gasteiger partial charge in [0.05, 0.1) is 10.2 Å². The molecule has 68 valence electrons. The number of benzene rings is 1. The highest BCUT2D eigenvalue weighted by Crippen LogP contribution is 2.19. The number of aromatic nitrogens is 1. The number of hydrogen-bond acceptors (Lipinski definition) is 2. The summed E-state index contributed by atoms with van der Waals surface area (Å²) in [6, 6.07) is 6.36. The molecule has 0 saturated heterocycles. The molecule has 0 unspecified atom stereocenters. The number of hydrogen-bond donors (Lipinski definition) is 0. The van der Waals surface area contributed by atoms with Gasteiger partial charge in [0, 0.05) is 14.1 Å². The summed E-state index contributed by atoms with van der Waals surface area (Å²) in [6.45, 7) is 2.14. The van der Waals surface area contributed by atoms with Crippen molar-refractivity contribution in [2.24, 2.45) is 12.0 Å². The van der Waals surface area contributed by atoms with Gasteiger partial charge in [0.2, 0.25) is 0 Å². The minimum Gasteiger partial charge on any atom is -0.320 e. The van der Waals surface area contributed by atoms with Gasteiger partial charge in [-0.3, -0.25) is 4.99 Å². The molecule has 0 aliphatic rings. The van der Waals surface area contributed by atoms with Gasteiger partial charge in [-0.15, -0.1) is 0 Å². The molecule has 2 rings (SSSR count). The van der Waals surface area contributed by atoms with Gasteiger partial charge in [0.15, 0.2) is 4.80 Å². The second-order valence-electron chi connectivity index (χ2n) is 3.09. The third-order valence-corrected chi connectivity index (χ3v) is 3.60. The van der Waals surface area contributed by atoms with E-state index in [2.05, 4.69) is 41.7 Å². The van der Waals surface area contributed by atoms with Crippen LogP contribution in [0.15, 0.2) is 23.2 Å². The summed E-state index contributed by atoms with van der Waals surface area (Å²) in [5.74, 6) is 0. The molecule has 0 amide bonds. The third kappa shape index (κ3) is 1.20. The highest BCUT2D eigenvalue weighted by Gasteiger charge is 2.02. The van der Waals surface area contributed by atoms with Crippen molar-refractivity contribution in [1.82, 2.24) is 4.57 Å². The zero-order chi connectivity index (χ0) is 9.42. The molecule has 0 spiro atoms. The fraction of sp³-hybridized carbons (Fsp3) is 0.300. The predicted molar refractivity (Wildman–Crippen MR) is 57.0 cm³/mol. The lowest BCUT2D eigenvalue weighted by molar-refractivity contribution is 0.904. The van der Waals surface area contributed by atoms with Crippen LogP contribution in [0.25, 0.3) is 10.2 Å². The lowest BCUT2D eigenvalue weighted by Gasteiger charge is -1.95. The van der Waals surface area contributed by atoms with Crippen LogP contribution in [-0.4, -0.2) is 11.6 Å². The topological polar surface area (TPSA) is 17.3 Å². The standard InChI is InChI=1S/C10H12N2S/c1-7-5-4-6-8-9(7)13-10(11-2)12(8)3/h4-6H,1-3H3. The Morgan fingerprint density at radius 2 is 2.15 bits per heavy atom. The van der Waals surface area contributed by atoms with Crippen molar-refractivity contribution in [3.63, 3.8) is 0 Å². The minimum absolute atomic E-state index is 1.07. The Labute approximate surface area is 81.2 Å². The summed E-state index contributed by atoms with van der Waals surface area (Å²) >= 11 is 1.75. The van der Waals surface area contributed by atoms with Gasteiger partial charge in [-0.1, -0.05) is 23.5 Å². The Morgan fingerprint density at radius 3 is 2.77 bits per heavy atom. The predicted octanol–water partition coefficient (Wildman–Crippen LogP) is 2.08. The molecular weight excluding hydrogens is 180 g/mol. The average molecular weight is 192 g/mol. The smallest absolute Gasteiger partial charge is 0.185 e. The Kier molecular flexibility index (Phi) is 1.96. The van der Waals surface area contributed by atoms with Gasteiger partial charge < -0.3 is 4.57 Å². The average Bonchev–Trinajstić information content (AvgIpc) is 2.45. The largest absolute Gasteiger partial charge is 0.320 e. The molecule has 13 heavy (non-hydrogen) atoms. The Bertz CT molecular complexity index is 505. The molecule has 0 N–H and O–H groups in total. The van der Waals surface area contributed by atoms with Crippen molar-refractivity contribution in [3.05, 3.63) is 28.6 Å². The number of thiazole rings is 1. The summed E-state index contributed by atoms with van der Waals surface area (Å²) in [5, 5.41) is 0. The highest BCUT2D eigenvalue weighted by molar-refractivity contribution is 7.16. The van der Waals surface area contributed by atoms with Gasteiger partial charge in [0.1, 0.15) is 0 Å². The molecule has 3 heteroatoms. The summed E-state index contributed by atoms with van der Waals surface area (Å²) in [4.78, 5) is 5.30. The molecule has 2 nitrogen and oxygen atoms in total. The molecule has 2 aromatic rings. The van der Waals surface area contributed by atoms with E-state index in [1.807, 2.05) is 7.05 Å². The Morgan fingerprint density at radius 1 is 1.38 bits per heavy atom. The second kappa shape index (κ2) is 3.00. The summed E-state index contributed by atoms with van der Waals surface area (Å²) in [5.41, 5.74) is 2.60.